The Bertz CT molecular complexity index is 8090. The van der Waals surface area contributed by atoms with Crippen LogP contribution in [0.2, 0.25) is 19.6 Å². The number of anilines is 8. The Balaban J connectivity index is 0.000000206. The Morgan fingerprint density at radius 3 is 1.02 bits per heavy atom. The summed E-state index contributed by atoms with van der Waals surface area (Å²) in [6, 6.07) is 40.4. The Hall–Kier alpha value is -12.5. The maximum Gasteiger partial charge on any atom is 0.254 e. The van der Waals surface area contributed by atoms with Gasteiger partial charge < -0.3 is 28.7 Å². The standard InChI is InChI=1S/C57H47F2N4.C56H47F2N4Si.2Pt/c1-55(2,3)40-30-31-60-53(36-40)63-49-25-14-13-22-47(49)48-29-28-41(35-52(48)63)57(58,59)43-32-42(56(4,5)6)33-44(34-43)61-37-62(51-27-16-15-26-50(51)61)54-45(38-18-9-7-10-19-38)23-17-24-46(54)39-20-11-8-12-21-39;1-55(2,3)40-30-31-59-53(35-40)62-49-25-14-13-22-47(49)48-29-28-41(34-52(48)62)56(57,58)42-32-43(36-44(33-42)63(4,5)6)60-37-61(51-27-16-15-26-50(51)60)54-45(38-18-9-7-10-19-38)23-17-24-46(54)39-20-11-8-12-21-39;;/h7-33,36-37H,1-6H3;7-31,33,35-37H,1-6H3;;/q2*-3;;/i2*7D,8D,9D,10D,11D,12D,17D,18D,19D,20D,21D,23D,24D;;. The van der Waals surface area contributed by atoms with E-state index in [2.05, 4.69) is 65.8 Å². The largest absolute Gasteiger partial charge is 0.493 e. The van der Waals surface area contributed by atoms with Crippen molar-refractivity contribution in [3.63, 3.8) is 0 Å². The molecule has 0 aliphatic carbocycles. The number of aromatic nitrogens is 4. The second kappa shape index (κ2) is 34.3. The minimum absolute atomic E-state index is 0. The van der Waals surface area contributed by atoms with Crippen molar-refractivity contribution in [1.82, 2.24) is 19.1 Å². The fraction of sp³-hybridized carbons (Fsp3) is 0.150. The third kappa shape index (κ3) is 16.2. The molecule has 0 radical (unpaired) electrons. The van der Waals surface area contributed by atoms with Gasteiger partial charge in [0.1, 0.15) is 11.6 Å². The molecule has 0 saturated carbocycles. The molecule has 6 heterocycles. The predicted molar refractivity (Wildman–Crippen MR) is 515 cm³/mol. The van der Waals surface area contributed by atoms with E-state index in [1.165, 1.54) is 57.2 Å². The second-order valence-corrected chi connectivity index (χ2v) is 40.0. The van der Waals surface area contributed by atoms with E-state index in [4.69, 9.17) is 40.1 Å². The summed E-state index contributed by atoms with van der Waals surface area (Å²) in [6.07, 6.45) is 3.41. The number of hydrogen-bond acceptors (Lipinski definition) is 6. The van der Waals surface area contributed by atoms with Crippen molar-refractivity contribution in [2.75, 3.05) is 19.6 Å². The number of alkyl halides is 4. The summed E-state index contributed by atoms with van der Waals surface area (Å²) in [5.41, 5.74) is -1.97. The number of nitrogens with zero attached hydrogens (tertiary/aromatic N) is 8. The molecule has 0 N–H and O–H groups in total. The molecule has 0 saturated heterocycles. The van der Waals surface area contributed by atoms with Gasteiger partial charge in [-0.05, 0) is 121 Å². The molecule has 0 unspecified atom stereocenters. The molecule has 644 valence electrons. The van der Waals surface area contributed by atoms with Crippen molar-refractivity contribution in [3.8, 4) is 56.1 Å². The van der Waals surface area contributed by atoms with Crippen molar-refractivity contribution < 1.29 is 95.3 Å². The molecule has 14 aromatic carbocycles. The molecule has 0 fully saturated rings. The average Bonchev–Trinajstić information content (AvgIpc) is 1.15. The van der Waals surface area contributed by atoms with Crippen LogP contribution in [0.5, 0.6) is 0 Å². The summed E-state index contributed by atoms with van der Waals surface area (Å²) in [4.78, 5) is 15.2. The van der Waals surface area contributed by atoms with Gasteiger partial charge in [0, 0.05) is 122 Å². The summed E-state index contributed by atoms with van der Waals surface area (Å²) in [5.74, 6) is -6.41. The van der Waals surface area contributed by atoms with E-state index in [1.807, 2.05) is 122 Å². The number of benzene rings is 14. The van der Waals surface area contributed by atoms with Crippen LogP contribution < -0.4 is 24.8 Å². The van der Waals surface area contributed by atoms with Gasteiger partial charge in [-0.1, -0.05) is 333 Å². The number of para-hydroxylation sites is 8. The summed E-state index contributed by atoms with van der Waals surface area (Å²) in [5, 5.41) is 3.63. The number of fused-ring (bicyclic) bond motifs is 8. The first-order valence-corrected chi connectivity index (χ1v) is 44.2. The first-order valence-electron chi connectivity index (χ1n) is 53.7. The molecule has 2 aliphatic rings. The maximum absolute atomic E-state index is 17.9. The van der Waals surface area contributed by atoms with E-state index in [-0.39, 0.29) is 87.1 Å². The fourth-order valence-corrected chi connectivity index (χ4v) is 17.1. The third-order valence-corrected chi connectivity index (χ3v) is 24.6. The molecule has 20 rings (SSSR count). The van der Waals surface area contributed by atoms with Gasteiger partial charge in [-0.15, -0.1) is 53.7 Å². The molecule has 8 nitrogen and oxygen atoms in total. The fourth-order valence-electron chi connectivity index (χ4n) is 16.0. The Kier molecular flexibility index (Phi) is 16.3. The third-order valence-electron chi connectivity index (χ3n) is 22.6. The smallest absolute Gasteiger partial charge is 0.254 e. The van der Waals surface area contributed by atoms with E-state index in [0.29, 0.717) is 55.6 Å². The van der Waals surface area contributed by atoms with E-state index < -0.39 is 249 Å². The van der Waals surface area contributed by atoms with Crippen LogP contribution in [0.1, 0.15) is 137 Å². The summed E-state index contributed by atoms with van der Waals surface area (Å²) in [6.45, 7) is 26.9. The molecular weight excluding hydrogens is 1960 g/mol. The maximum atomic E-state index is 17.9. The zero-order valence-electron chi connectivity index (χ0n) is 97.2. The van der Waals surface area contributed by atoms with Crippen LogP contribution in [0.4, 0.5) is 63.1 Å². The molecule has 128 heavy (non-hydrogen) atoms. The zero-order chi connectivity index (χ0) is 110. The van der Waals surface area contributed by atoms with Gasteiger partial charge in [-0.25, -0.2) is 27.5 Å². The molecule has 18 aromatic rings. The van der Waals surface area contributed by atoms with Crippen molar-refractivity contribution in [1.29, 1.82) is 0 Å². The van der Waals surface area contributed by atoms with Gasteiger partial charge in [0.25, 0.3) is 11.8 Å². The first-order chi connectivity index (χ1) is 71.3. The van der Waals surface area contributed by atoms with E-state index >= 15 is 17.6 Å². The average molecular weight is 2080 g/mol. The number of hydrogen-bond donors (Lipinski definition) is 0. The van der Waals surface area contributed by atoms with Gasteiger partial charge in [0.15, 0.2) is 0 Å². The monoisotopic (exact) mass is 2080 g/mol. The molecular formula is C113H94F4N8Pt2Si-6. The first kappa shape index (κ1) is 61.0. The molecule has 0 bridgehead atoms. The van der Waals surface area contributed by atoms with Crippen molar-refractivity contribution in [2.45, 2.75) is 110 Å². The predicted octanol–water partition coefficient (Wildman–Crippen LogP) is 29.8. The van der Waals surface area contributed by atoms with Gasteiger partial charge in [0.05, 0.1) is 43.7 Å². The summed E-state index contributed by atoms with van der Waals surface area (Å²) in [7, 11) is -2.51. The van der Waals surface area contributed by atoms with Gasteiger partial charge in [-0.3, -0.25) is 0 Å². The van der Waals surface area contributed by atoms with Crippen molar-refractivity contribution >= 4 is 102 Å². The quantitative estimate of drug-likeness (QED) is 0.0579. The SMILES string of the molecule is [2H]c1c([2H])c([2H])c(-c2c([2H])c([2H])c([2H])c(-c3c([2H])c([2H])c([2H])c([2H])c3[2H])c2N2[CH-]N(c3[c-]c(C(F)(F)c4[c-]c5c(cc4)c4ccccc4n5-c4cc(C(C)(C)C)ccn4)cc(C(C)(C)C)c3)c3ccccc32)c([2H])c1[2H].[2H]c1c([2H])c([2H])c(-c2c([2H])c([2H])c([2H])c(-c3c([2H])c([2H])c([2H])c([2H])c3[2H])c2N2[CH-]N(c3[c-]c(C(F)(F)c4[c-]c5c(cc4)c4ccccc4n5-c4cc(C(C)(C)C)ccn4)cc([Si](C)(C)C)c3)c3ccccc32)c([2H])c1[2H].[Pt].[Pt]. The minimum Gasteiger partial charge on any atom is -0.493 e. The second-order valence-electron chi connectivity index (χ2n) is 34.9. The topological polar surface area (TPSA) is 48.6 Å². The van der Waals surface area contributed by atoms with E-state index in [1.54, 1.807) is 85.2 Å². The van der Waals surface area contributed by atoms with Crippen LogP contribution in [0.25, 0.3) is 99.8 Å². The van der Waals surface area contributed by atoms with Gasteiger partial charge >= 0.3 is 0 Å². The van der Waals surface area contributed by atoms with Gasteiger partial charge in [-0.2, -0.15) is 65.3 Å². The Morgan fingerprint density at radius 1 is 0.328 bits per heavy atom. The van der Waals surface area contributed by atoms with Crippen LogP contribution >= 0.6 is 0 Å². The molecule has 2 aliphatic heterocycles. The molecule has 15 heteroatoms. The number of pyridine rings is 2. The molecule has 0 atom stereocenters. The van der Waals surface area contributed by atoms with E-state index in [0.717, 1.165) is 32.9 Å². The van der Waals surface area contributed by atoms with Crippen LogP contribution in [-0.4, -0.2) is 27.2 Å². The van der Waals surface area contributed by atoms with Crippen LogP contribution in [0.15, 0.2) is 339 Å². The van der Waals surface area contributed by atoms with Crippen LogP contribution in [-0.2, 0) is 70.2 Å². The molecule has 0 amide bonds. The van der Waals surface area contributed by atoms with Crippen LogP contribution in [0, 0.1) is 37.6 Å². The molecule has 4 aromatic heterocycles. The number of halogens is 4. The molecule has 0 spiro atoms. The van der Waals surface area contributed by atoms with Crippen molar-refractivity contribution in [2.24, 2.45) is 0 Å². The summed E-state index contributed by atoms with van der Waals surface area (Å²) >= 11 is 0. The van der Waals surface area contributed by atoms with Crippen molar-refractivity contribution in [3.05, 3.63) is 416 Å². The summed E-state index contributed by atoms with van der Waals surface area (Å²) < 4.78 is 306. The van der Waals surface area contributed by atoms with Crippen LogP contribution in [0.3, 0.4) is 0 Å². The van der Waals surface area contributed by atoms with E-state index in [9.17, 15) is 5.48 Å². The Morgan fingerprint density at radius 2 is 0.664 bits per heavy atom. The normalized spacial score (nSPS) is 15.9. The number of rotatable bonds is 15. The minimum atomic E-state index is -3.75. The Labute approximate surface area is 813 Å². The van der Waals surface area contributed by atoms with Gasteiger partial charge in [0.2, 0.25) is 0 Å². The zero-order valence-corrected chi connectivity index (χ0v) is 76.7.